The van der Waals surface area contributed by atoms with E-state index in [0.717, 1.165) is 12.3 Å². The Kier molecular flexibility index (Phi) is 3.79. The molecule has 1 unspecified atom stereocenters. The molecule has 0 amide bonds. The van der Waals surface area contributed by atoms with Gasteiger partial charge in [-0.25, -0.2) is 8.42 Å². The lowest BCUT2D eigenvalue weighted by atomic mass is 10.3. The van der Waals surface area contributed by atoms with Crippen LogP contribution in [0.5, 0.6) is 0 Å². The Morgan fingerprint density at radius 1 is 1.71 bits per heavy atom. The number of aliphatic imine (C=N–C) groups is 1. The number of nitrogens with one attached hydrogen (secondary N) is 1. The van der Waals surface area contributed by atoms with E-state index in [1.807, 2.05) is 7.05 Å². The van der Waals surface area contributed by atoms with E-state index in [2.05, 4.69) is 10.3 Å². The number of hydrogen-bond donors (Lipinski definition) is 1. The number of likely N-dealkylation sites (N-methyl/N-ethyl adjacent to an activating group) is 1. The van der Waals surface area contributed by atoms with Gasteiger partial charge in [0.25, 0.3) is 0 Å². The molecule has 1 aliphatic heterocycles. The number of amidine groups is 1. The van der Waals surface area contributed by atoms with E-state index in [-0.39, 0.29) is 6.04 Å². The zero-order valence-corrected chi connectivity index (χ0v) is 10.2. The maximum Gasteiger partial charge on any atom is 0.233 e. The van der Waals surface area contributed by atoms with Crippen LogP contribution in [0.15, 0.2) is 4.99 Å². The summed E-state index contributed by atoms with van der Waals surface area (Å²) >= 11 is 1.48. The van der Waals surface area contributed by atoms with Gasteiger partial charge < -0.3 is 5.32 Å². The molecule has 82 valence electrons. The average molecular weight is 237 g/mol. The summed E-state index contributed by atoms with van der Waals surface area (Å²) in [4.78, 5) is 4.31. The molecular weight excluding hydrogens is 222 g/mol. The lowest BCUT2D eigenvalue weighted by molar-refractivity contribution is 0.560. The third kappa shape index (κ3) is 2.86. The van der Waals surface area contributed by atoms with Gasteiger partial charge in [0.05, 0.1) is 12.3 Å². The molecule has 5 nitrogen and oxygen atoms in total. The Morgan fingerprint density at radius 3 is 2.86 bits per heavy atom. The molecule has 0 radical (unpaired) electrons. The number of sulfonamides is 1. The molecule has 1 heterocycles. The molecule has 1 rings (SSSR count). The summed E-state index contributed by atoms with van der Waals surface area (Å²) in [6.45, 7) is 0.786. The monoisotopic (exact) mass is 237 g/mol. The number of nitrogens with zero attached hydrogens (tertiary/aromatic N) is 2. The van der Waals surface area contributed by atoms with Crippen molar-refractivity contribution >= 4 is 27.0 Å². The number of thioether (sulfide) groups is 1. The maximum absolute atomic E-state index is 11.2. The van der Waals surface area contributed by atoms with Gasteiger partial charge >= 0.3 is 0 Å². The minimum Gasteiger partial charge on any atom is -0.318 e. The van der Waals surface area contributed by atoms with Gasteiger partial charge in [-0.1, -0.05) is 11.8 Å². The molecule has 14 heavy (non-hydrogen) atoms. The quantitative estimate of drug-likeness (QED) is 0.723. The van der Waals surface area contributed by atoms with Crippen molar-refractivity contribution in [3.05, 3.63) is 0 Å². The fourth-order valence-electron chi connectivity index (χ4n) is 1.06. The molecule has 0 aromatic heterocycles. The first-order valence-electron chi connectivity index (χ1n) is 4.24. The van der Waals surface area contributed by atoms with E-state index in [0.29, 0.717) is 5.17 Å². The first kappa shape index (κ1) is 11.8. The Hall–Kier alpha value is -0.270. The zero-order chi connectivity index (χ0) is 10.8. The summed E-state index contributed by atoms with van der Waals surface area (Å²) in [6, 6.07) is 0.184. The molecule has 1 atom stereocenters. The van der Waals surface area contributed by atoms with E-state index in [4.69, 9.17) is 0 Å². The highest BCUT2D eigenvalue weighted by atomic mass is 32.2. The van der Waals surface area contributed by atoms with Crippen LogP contribution in [0, 0.1) is 0 Å². The van der Waals surface area contributed by atoms with Crippen molar-refractivity contribution in [3.8, 4) is 0 Å². The first-order chi connectivity index (χ1) is 6.45. The molecule has 0 saturated carbocycles. The Morgan fingerprint density at radius 2 is 2.36 bits per heavy atom. The summed E-state index contributed by atoms with van der Waals surface area (Å²) in [7, 11) is 0.227. The van der Waals surface area contributed by atoms with Crippen LogP contribution in [0.1, 0.15) is 0 Å². The fraction of sp³-hybridized carbons (Fsp3) is 0.857. The van der Waals surface area contributed by atoms with Crippen LogP contribution in [0.2, 0.25) is 0 Å². The highest BCUT2D eigenvalue weighted by molar-refractivity contribution is 8.15. The molecule has 1 N–H and O–H groups in total. The molecule has 0 aromatic rings. The minimum absolute atomic E-state index is 0.184. The zero-order valence-electron chi connectivity index (χ0n) is 8.52. The largest absolute Gasteiger partial charge is 0.318 e. The lowest BCUT2D eigenvalue weighted by Crippen LogP contribution is -2.29. The van der Waals surface area contributed by atoms with Crippen molar-refractivity contribution in [2.24, 2.45) is 4.99 Å². The molecule has 0 aliphatic carbocycles. The van der Waals surface area contributed by atoms with Gasteiger partial charge in [-0.2, -0.15) is 0 Å². The van der Waals surface area contributed by atoms with Crippen LogP contribution < -0.4 is 5.32 Å². The van der Waals surface area contributed by atoms with Crippen LogP contribution in [0.25, 0.3) is 0 Å². The molecule has 0 saturated heterocycles. The summed E-state index contributed by atoms with van der Waals surface area (Å²) < 4.78 is 23.6. The van der Waals surface area contributed by atoms with Crippen LogP contribution in [-0.4, -0.2) is 56.6 Å². The second-order valence-corrected chi connectivity index (χ2v) is 6.17. The fourth-order valence-corrected chi connectivity index (χ4v) is 2.89. The standard InChI is InChI=1S/C7H15N3O2S2/c1-8-4-6-5-13-7(9-6)10(2)14(3,11)12/h6,8H,4-5H2,1-3H3. The van der Waals surface area contributed by atoms with Crippen LogP contribution in [0.4, 0.5) is 0 Å². The first-order valence-corrected chi connectivity index (χ1v) is 7.07. The minimum atomic E-state index is -3.16. The number of rotatable bonds is 3. The van der Waals surface area contributed by atoms with Crippen molar-refractivity contribution in [1.82, 2.24) is 9.62 Å². The topological polar surface area (TPSA) is 61.8 Å². The van der Waals surface area contributed by atoms with Gasteiger partial charge in [-0.15, -0.1) is 0 Å². The number of hydrogen-bond acceptors (Lipinski definition) is 5. The van der Waals surface area contributed by atoms with E-state index < -0.39 is 10.0 Å². The summed E-state index contributed by atoms with van der Waals surface area (Å²) in [5.41, 5.74) is 0. The van der Waals surface area contributed by atoms with Crippen LogP contribution >= 0.6 is 11.8 Å². The van der Waals surface area contributed by atoms with Gasteiger partial charge in [0.15, 0.2) is 5.17 Å². The van der Waals surface area contributed by atoms with Gasteiger partial charge in [0.2, 0.25) is 10.0 Å². The normalized spacial score (nSPS) is 22.2. The molecular formula is C7H15N3O2S2. The molecule has 0 aromatic carbocycles. The average Bonchev–Trinajstić information content (AvgIpc) is 2.50. The molecule has 0 spiro atoms. The predicted molar refractivity (Wildman–Crippen MR) is 60.2 cm³/mol. The molecule has 0 bridgehead atoms. The smallest absolute Gasteiger partial charge is 0.233 e. The van der Waals surface area contributed by atoms with Crippen molar-refractivity contribution in [1.29, 1.82) is 0 Å². The van der Waals surface area contributed by atoms with Gasteiger partial charge in [-0.05, 0) is 7.05 Å². The predicted octanol–water partition coefficient (Wildman–Crippen LogP) is -0.431. The molecule has 1 aliphatic rings. The lowest BCUT2D eigenvalue weighted by Gasteiger charge is -2.14. The molecule has 7 heteroatoms. The Labute approximate surface area is 89.0 Å². The van der Waals surface area contributed by atoms with Gasteiger partial charge in [0.1, 0.15) is 0 Å². The second-order valence-electron chi connectivity index (χ2n) is 3.16. The molecule has 0 fully saturated rings. The Balaban J connectivity index is 2.68. The highest BCUT2D eigenvalue weighted by Crippen LogP contribution is 2.20. The third-order valence-corrected chi connectivity index (χ3v) is 4.38. The highest BCUT2D eigenvalue weighted by Gasteiger charge is 2.24. The van der Waals surface area contributed by atoms with Crippen molar-refractivity contribution in [2.75, 3.05) is 32.6 Å². The van der Waals surface area contributed by atoms with Crippen LogP contribution in [0.3, 0.4) is 0 Å². The third-order valence-electron chi connectivity index (χ3n) is 1.90. The van der Waals surface area contributed by atoms with E-state index in [9.17, 15) is 8.42 Å². The van der Waals surface area contributed by atoms with E-state index >= 15 is 0 Å². The summed E-state index contributed by atoms with van der Waals surface area (Å²) in [6.07, 6.45) is 1.18. The van der Waals surface area contributed by atoms with Crippen LogP contribution in [-0.2, 0) is 10.0 Å². The van der Waals surface area contributed by atoms with E-state index in [1.54, 1.807) is 0 Å². The van der Waals surface area contributed by atoms with Gasteiger partial charge in [0, 0.05) is 19.3 Å². The van der Waals surface area contributed by atoms with Gasteiger partial charge in [-0.3, -0.25) is 9.30 Å². The SMILES string of the molecule is CNCC1CSC(N(C)S(C)(=O)=O)=N1. The van der Waals surface area contributed by atoms with E-state index in [1.165, 1.54) is 29.4 Å². The maximum atomic E-state index is 11.2. The summed E-state index contributed by atoms with van der Waals surface area (Å²) in [5, 5.41) is 3.61. The Bertz CT molecular complexity index is 326. The second kappa shape index (κ2) is 4.50. The van der Waals surface area contributed by atoms with Crippen molar-refractivity contribution in [2.45, 2.75) is 6.04 Å². The van der Waals surface area contributed by atoms with Crippen molar-refractivity contribution in [3.63, 3.8) is 0 Å². The van der Waals surface area contributed by atoms with Crippen molar-refractivity contribution < 1.29 is 8.42 Å². The summed E-state index contributed by atoms with van der Waals surface area (Å²) in [5.74, 6) is 0.843.